The summed E-state index contributed by atoms with van der Waals surface area (Å²) in [6, 6.07) is 15.3. The van der Waals surface area contributed by atoms with Gasteiger partial charge in [-0.15, -0.1) is 0 Å². The summed E-state index contributed by atoms with van der Waals surface area (Å²) >= 11 is 3.31. The Balaban J connectivity index is 1.46. The second kappa shape index (κ2) is 9.10. The third-order valence-electron chi connectivity index (χ3n) is 4.56. The second-order valence-corrected chi connectivity index (χ2v) is 7.46. The van der Waals surface area contributed by atoms with E-state index in [9.17, 15) is 9.18 Å². The molecule has 1 heterocycles. The molecule has 26 heavy (non-hydrogen) atoms. The monoisotopic (exact) mass is 416 g/mol. The Morgan fingerprint density at radius 3 is 2.65 bits per heavy atom. The highest BCUT2D eigenvalue weighted by Crippen LogP contribution is 2.17. The molecule has 0 radical (unpaired) electrons. The molecule has 0 aromatic heterocycles. The van der Waals surface area contributed by atoms with Crippen molar-refractivity contribution in [2.45, 2.75) is 25.4 Å². The van der Waals surface area contributed by atoms with Gasteiger partial charge in [-0.2, -0.15) is 0 Å². The van der Waals surface area contributed by atoms with Crippen LogP contribution in [0.2, 0.25) is 0 Å². The SMILES string of the molecule is O=C(/C=C/c1cc(Br)ccc1F)NC1CCN(Cc2ccccc2)CC1. The number of piperidine rings is 1. The van der Waals surface area contributed by atoms with Gasteiger partial charge in [-0.05, 0) is 42.7 Å². The van der Waals surface area contributed by atoms with Crippen molar-refractivity contribution in [3.8, 4) is 0 Å². The van der Waals surface area contributed by atoms with Crippen molar-refractivity contribution in [3.63, 3.8) is 0 Å². The van der Waals surface area contributed by atoms with E-state index in [4.69, 9.17) is 0 Å². The predicted molar refractivity (Wildman–Crippen MR) is 106 cm³/mol. The van der Waals surface area contributed by atoms with Crippen molar-refractivity contribution < 1.29 is 9.18 Å². The van der Waals surface area contributed by atoms with Crippen LogP contribution >= 0.6 is 15.9 Å². The molecule has 1 aliphatic rings. The zero-order valence-electron chi connectivity index (χ0n) is 14.5. The zero-order valence-corrected chi connectivity index (χ0v) is 16.1. The first-order valence-electron chi connectivity index (χ1n) is 8.80. The molecule has 1 N–H and O–H groups in total. The lowest BCUT2D eigenvalue weighted by atomic mass is 10.0. The summed E-state index contributed by atoms with van der Waals surface area (Å²) in [6.45, 7) is 2.87. The van der Waals surface area contributed by atoms with Gasteiger partial charge in [0, 0.05) is 41.8 Å². The van der Waals surface area contributed by atoms with E-state index in [0.717, 1.165) is 36.9 Å². The van der Waals surface area contributed by atoms with E-state index in [1.807, 2.05) is 6.07 Å². The van der Waals surface area contributed by atoms with E-state index in [1.165, 1.54) is 23.8 Å². The number of benzene rings is 2. The highest BCUT2D eigenvalue weighted by Gasteiger charge is 2.20. The van der Waals surface area contributed by atoms with Crippen LogP contribution in [0.15, 0.2) is 59.1 Å². The number of nitrogens with zero attached hydrogens (tertiary/aromatic N) is 1. The van der Waals surface area contributed by atoms with E-state index < -0.39 is 0 Å². The molecule has 3 rings (SSSR count). The van der Waals surface area contributed by atoms with Crippen LogP contribution in [0, 0.1) is 5.82 Å². The summed E-state index contributed by atoms with van der Waals surface area (Å²) in [4.78, 5) is 14.5. The first kappa shape index (κ1) is 18.8. The van der Waals surface area contributed by atoms with Crippen LogP contribution in [0.4, 0.5) is 4.39 Å². The van der Waals surface area contributed by atoms with Gasteiger partial charge in [0.1, 0.15) is 5.82 Å². The van der Waals surface area contributed by atoms with Crippen molar-refractivity contribution in [2.75, 3.05) is 13.1 Å². The molecular weight excluding hydrogens is 395 g/mol. The molecule has 2 aromatic rings. The normalized spacial score (nSPS) is 16.1. The Kier molecular flexibility index (Phi) is 6.58. The minimum absolute atomic E-state index is 0.173. The standard InChI is InChI=1S/C21H22BrFN2O/c22-18-7-8-20(23)17(14-18)6-9-21(26)24-19-10-12-25(13-11-19)15-16-4-2-1-3-5-16/h1-9,14,19H,10-13,15H2,(H,24,26)/b9-6+. The lowest BCUT2D eigenvalue weighted by molar-refractivity contribution is -0.117. The molecule has 0 spiro atoms. The molecule has 2 aromatic carbocycles. The molecule has 1 aliphatic heterocycles. The smallest absolute Gasteiger partial charge is 0.244 e. The first-order chi connectivity index (χ1) is 12.6. The molecule has 0 atom stereocenters. The van der Waals surface area contributed by atoms with Crippen molar-refractivity contribution in [2.24, 2.45) is 0 Å². The number of hydrogen-bond acceptors (Lipinski definition) is 2. The summed E-state index contributed by atoms with van der Waals surface area (Å²) in [6.07, 6.45) is 4.77. The largest absolute Gasteiger partial charge is 0.350 e. The number of likely N-dealkylation sites (tertiary alicyclic amines) is 1. The van der Waals surface area contributed by atoms with Crippen molar-refractivity contribution in [1.82, 2.24) is 10.2 Å². The Labute approximate surface area is 162 Å². The maximum atomic E-state index is 13.7. The van der Waals surface area contributed by atoms with Gasteiger partial charge in [0.05, 0.1) is 0 Å². The summed E-state index contributed by atoms with van der Waals surface area (Å²) in [5.74, 6) is -0.516. The van der Waals surface area contributed by atoms with Crippen LogP contribution in [0.3, 0.4) is 0 Å². The molecule has 136 valence electrons. The maximum absolute atomic E-state index is 13.7. The van der Waals surface area contributed by atoms with E-state index in [2.05, 4.69) is 50.4 Å². The van der Waals surface area contributed by atoms with E-state index in [0.29, 0.717) is 5.56 Å². The van der Waals surface area contributed by atoms with Crippen molar-refractivity contribution in [3.05, 3.63) is 76.0 Å². The van der Waals surface area contributed by atoms with Gasteiger partial charge in [-0.25, -0.2) is 4.39 Å². The summed E-state index contributed by atoms with van der Waals surface area (Å²) < 4.78 is 14.5. The molecular formula is C21H22BrFN2O. The number of halogens is 2. The molecule has 1 saturated heterocycles. The molecule has 0 aliphatic carbocycles. The van der Waals surface area contributed by atoms with Gasteiger partial charge in [-0.3, -0.25) is 9.69 Å². The maximum Gasteiger partial charge on any atom is 0.244 e. The Morgan fingerprint density at radius 2 is 1.92 bits per heavy atom. The van der Waals surface area contributed by atoms with Crippen LogP contribution in [0.25, 0.3) is 6.08 Å². The third kappa shape index (κ3) is 5.51. The van der Waals surface area contributed by atoms with Crippen LogP contribution in [-0.4, -0.2) is 29.9 Å². The first-order valence-corrected chi connectivity index (χ1v) is 9.59. The number of amides is 1. The van der Waals surface area contributed by atoms with Crippen LogP contribution < -0.4 is 5.32 Å². The van der Waals surface area contributed by atoms with Gasteiger partial charge in [-0.1, -0.05) is 46.3 Å². The van der Waals surface area contributed by atoms with Crippen LogP contribution in [0.5, 0.6) is 0 Å². The second-order valence-electron chi connectivity index (χ2n) is 6.54. The van der Waals surface area contributed by atoms with E-state index in [1.54, 1.807) is 12.1 Å². The van der Waals surface area contributed by atoms with Gasteiger partial charge in [0.15, 0.2) is 0 Å². The fraction of sp³-hybridized carbons (Fsp3) is 0.286. The number of nitrogens with one attached hydrogen (secondary N) is 1. The lowest BCUT2D eigenvalue weighted by Gasteiger charge is -2.32. The molecule has 5 heteroatoms. The topological polar surface area (TPSA) is 32.3 Å². The molecule has 0 unspecified atom stereocenters. The average Bonchev–Trinajstić information content (AvgIpc) is 2.65. The van der Waals surface area contributed by atoms with Gasteiger partial charge in [0.2, 0.25) is 5.91 Å². The van der Waals surface area contributed by atoms with Crippen molar-refractivity contribution >= 4 is 27.9 Å². The molecule has 0 bridgehead atoms. The number of hydrogen-bond donors (Lipinski definition) is 1. The third-order valence-corrected chi connectivity index (χ3v) is 5.05. The number of carbonyl (C=O) groups is 1. The molecule has 3 nitrogen and oxygen atoms in total. The molecule has 0 saturated carbocycles. The number of carbonyl (C=O) groups excluding carboxylic acids is 1. The highest BCUT2D eigenvalue weighted by molar-refractivity contribution is 9.10. The quantitative estimate of drug-likeness (QED) is 0.733. The average molecular weight is 417 g/mol. The van der Waals surface area contributed by atoms with Crippen LogP contribution in [-0.2, 0) is 11.3 Å². The number of rotatable bonds is 5. The van der Waals surface area contributed by atoms with Gasteiger partial charge >= 0.3 is 0 Å². The molecule has 1 fully saturated rings. The zero-order chi connectivity index (χ0) is 18.4. The van der Waals surface area contributed by atoms with E-state index >= 15 is 0 Å². The fourth-order valence-electron chi connectivity index (χ4n) is 3.13. The van der Waals surface area contributed by atoms with Gasteiger partial charge < -0.3 is 5.32 Å². The molecule has 1 amide bonds. The Morgan fingerprint density at radius 1 is 1.19 bits per heavy atom. The minimum atomic E-state index is -0.341. The van der Waals surface area contributed by atoms with E-state index in [-0.39, 0.29) is 17.8 Å². The highest BCUT2D eigenvalue weighted by atomic mass is 79.9. The van der Waals surface area contributed by atoms with Crippen LogP contribution in [0.1, 0.15) is 24.0 Å². The van der Waals surface area contributed by atoms with Gasteiger partial charge in [0.25, 0.3) is 0 Å². The predicted octanol–water partition coefficient (Wildman–Crippen LogP) is 4.38. The summed E-state index contributed by atoms with van der Waals surface area (Å²) in [5, 5.41) is 3.02. The fourth-order valence-corrected chi connectivity index (χ4v) is 3.51. The minimum Gasteiger partial charge on any atom is -0.350 e. The Hall–Kier alpha value is -1.98. The summed E-state index contributed by atoms with van der Waals surface area (Å²) in [7, 11) is 0. The summed E-state index contributed by atoms with van der Waals surface area (Å²) in [5.41, 5.74) is 1.71. The van der Waals surface area contributed by atoms with Crippen molar-refractivity contribution in [1.29, 1.82) is 0 Å². The Bertz CT molecular complexity index is 771. The lowest BCUT2D eigenvalue weighted by Crippen LogP contribution is -2.43.